The molecule has 0 N–H and O–H groups in total. The first kappa shape index (κ1) is 13.5. The maximum atomic E-state index is 12.0. The van der Waals surface area contributed by atoms with Gasteiger partial charge in [-0.05, 0) is 19.9 Å². The predicted octanol–water partition coefficient (Wildman–Crippen LogP) is 2.44. The van der Waals surface area contributed by atoms with Crippen LogP contribution in [0.1, 0.15) is 27.3 Å². The Balaban J connectivity index is 2.07. The number of esters is 1. The molecule has 2 heterocycles. The molecule has 0 radical (unpaired) electrons. The van der Waals surface area contributed by atoms with Crippen LogP contribution in [0.4, 0.5) is 0 Å². The van der Waals surface area contributed by atoms with Gasteiger partial charge in [0, 0.05) is 24.5 Å². The molecule has 0 spiro atoms. The van der Waals surface area contributed by atoms with Crippen molar-refractivity contribution in [1.82, 2.24) is 14.8 Å². The lowest BCUT2D eigenvalue weighted by Gasteiger charge is -2.05. The number of carbonyl (C=O) groups excluding carboxylic acids is 1. The molecule has 2 aromatic rings. The summed E-state index contributed by atoms with van der Waals surface area (Å²) in [6.45, 7) is 3.78. The fourth-order valence-corrected chi connectivity index (χ4v) is 1.89. The Labute approximate surface area is 116 Å². The zero-order valence-corrected chi connectivity index (χ0v) is 11.7. The zero-order chi connectivity index (χ0) is 14.0. The first-order valence-corrected chi connectivity index (χ1v) is 6.14. The van der Waals surface area contributed by atoms with Crippen LogP contribution in [0.25, 0.3) is 0 Å². The Kier molecular flexibility index (Phi) is 3.85. The van der Waals surface area contributed by atoms with Crippen LogP contribution in [0.15, 0.2) is 18.3 Å². The molecule has 5 nitrogen and oxygen atoms in total. The van der Waals surface area contributed by atoms with Crippen LogP contribution in [0.5, 0.6) is 0 Å². The summed E-state index contributed by atoms with van der Waals surface area (Å²) in [6, 6.07) is 3.43. The average molecular weight is 280 g/mol. The minimum Gasteiger partial charge on any atom is -0.457 e. The number of aryl methyl sites for hydroxylation is 2. The Morgan fingerprint density at radius 1 is 1.42 bits per heavy atom. The van der Waals surface area contributed by atoms with Gasteiger partial charge in [-0.15, -0.1) is 0 Å². The van der Waals surface area contributed by atoms with Gasteiger partial charge in [-0.25, -0.2) is 9.78 Å². The van der Waals surface area contributed by atoms with Crippen molar-refractivity contribution in [1.29, 1.82) is 0 Å². The molecular formula is C13H14ClN3O2. The zero-order valence-electron chi connectivity index (χ0n) is 11.0. The van der Waals surface area contributed by atoms with Crippen LogP contribution < -0.4 is 0 Å². The molecule has 19 heavy (non-hydrogen) atoms. The van der Waals surface area contributed by atoms with Gasteiger partial charge in [0.25, 0.3) is 0 Å². The van der Waals surface area contributed by atoms with Gasteiger partial charge in [0.05, 0.1) is 5.69 Å². The van der Waals surface area contributed by atoms with Crippen LogP contribution in [-0.4, -0.2) is 20.7 Å². The molecule has 0 unspecified atom stereocenters. The van der Waals surface area contributed by atoms with Crippen LogP contribution in [0, 0.1) is 13.8 Å². The van der Waals surface area contributed by atoms with Gasteiger partial charge < -0.3 is 4.74 Å². The van der Waals surface area contributed by atoms with E-state index in [1.54, 1.807) is 37.0 Å². The van der Waals surface area contributed by atoms with E-state index in [4.69, 9.17) is 16.3 Å². The predicted molar refractivity (Wildman–Crippen MR) is 71.0 cm³/mol. The number of hydrogen-bond acceptors (Lipinski definition) is 4. The second-order valence-electron chi connectivity index (χ2n) is 4.23. The van der Waals surface area contributed by atoms with E-state index in [2.05, 4.69) is 10.1 Å². The second-order valence-corrected chi connectivity index (χ2v) is 4.62. The van der Waals surface area contributed by atoms with Crippen molar-refractivity contribution in [2.45, 2.75) is 20.5 Å². The maximum absolute atomic E-state index is 12.0. The van der Waals surface area contributed by atoms with E-state index in [-0.39, 0.29) is 12.6 Å². The number of rotatable bonds is 3. The number of aromatic nitrogens is 3. The van der Waals surface area contributed by atoms with Crippen molar-refractivity contribution in [3.63, 3.8) is 0 Å². The summed E-state index contributed by atoms with van der Waals surface area (Å²) in [5.74, 6) is -0.377. The molecule has 6 heteroatoms. The molecule has 2 rings (SSSR count). The number of ether oxygens (including phenoxy) is 1. The quantitative estimate of drug-likeness (QED) is 0.640. The monoisotopic (exact) mass is 279 g/mol. The van der Waals surface area contributed by atoms with E-state index in [0.717, 1.165) is 11.3 Å². The van der Waals surface area contributed by atoms with Gasteiger partial charge >= 0.3 is 5.97 Å². The second kappa shape index (κ2) is 5.40. The topological polar surface area (TPSA) is 57.0 Å². The lowest BCUT2D eigenvalue weighted by molar-refractivity contribution is 0.0470. The third-order valence-electron chi connectivity index (χ3n) is 2.87. The van der Waals surface area contributed by atoms with Crippen molar-refractivity contribution in [2.75, 3.05) is 0 Å². The fraction of sp³-hybridized carbons (Fsp3) is 0.308. The fourth-order valence-electron chi connectivity index (χ4n) is 1.78. The summed E-state index contributed by atoms with van der Waals surface area (Å²) in [5.41, 5.74) is 2.76. The van der Waals surface area contributed by atoms with Crippen LogP contribution in [0.2, 0.25) is 5.15 Å². The van der Waals surface area contributed by atoms with Gasteiger partial charge in [-0.2, -0.15) is 5.10 Å². The highest BCUT2D eigenvalue weighted by Crippen LogP contribution is 2.14. The van der Waals surface area contributed by atoms with Gasteiger partial charge in [0.2, 0.25) is 0 Å². The summed E-state index contributed by atoms with van der Waals surface area (Å²) >= 11 is 5.68. The Hall–Kier alpha value is -1.88. The first-order valence-electron chi connectivity index (χ1n) is 5.77. The van der Waals surface area contributed by atoms with Crippen molar-refractivity contribution < 1.29 is 9.53 Å². The number of hydrogen-bond donors (Lipinski definition) is 0. The molecular weight excluding hydrogens is 266 g/mol. The normalized spacial score (nSPS) is 10.5. The SMILES string of the molecule is Cc1nn(C)c(C)c1C(=O)OCc1ccc(Cl)nc1. The van der Waals surface area contributed by atoms with Crippen molar-refractivity contribution >= 4 is 17.6 Å². The van der Waals surface area contributed by atoms with E-state index in [1.165, 1.54) is 0 Å². The van der Waals surface area contributed by atoms with Crippen molar-refractivity contribution in [3.8, 4) is 0 Å². The summed E-state index contributed by atoms with van der Waals surface area (Å²) < 4.78 is 6.92. The molecule has 0 bridgehead atoms. The molecule has 0 aliphatic carbocycles. The van der Waals surface area contributed by atoms with Crippen LogP contribution >= 0.6 is 11.6 Å². The lowest BCUT2D eigenvalue weighted by atomic mass is 10.2. The van der Waals surface area contributed by atoms with Crippen LogP contribution in [-0.2, 0) is 18.4 Å². The minimum absolute atomic E-state index is 0.163. The maximum Gasteiger partial charge on any atom is 0.342 e. The van der Waals surface area contributed by atoms with Crippen molar-refractivity contribution in [2.24, 2.45) is 7.05 Å². The van der Waals surface area contributed by atoms with Gasteiger partial charge in [-0.1, -0.05) is 17.7 Å². The molecule has 0 amide bonds. The number of halogens is 1. The van der Waals surface area contributed by atoms with E-state index >= 15 is 0 Å². The standard InChI is InChI=1S/C13H14ClN3O2/c1-8-12(9(2)17(3)16-8)13(18)19-7-10-4-5-11(14)15-6-10/h4-6H,7H2,1-3H3. The van der Waals surface area contributed by atoms with Gasteiger partial charge in [-0.3, -0.25) is 4.68 Å². The Morgan fingerprint density at radius 3 is 2.68 bits per heavy atom. The molecule has 0 fully saturated rings. The van der Waals surface area contributed by atoms with E-state index in [0.29, 0.717) is 16.4 Å². The van der Waals surface area contributed by atoms with E-state index in [9.17, 15) is 4.79 Å². The first-order chi connectivity index (χ1) is 8.99. The number of nitrogens with zero attached hydrogens (tertiary/aromatic N) is 3. The highest BCUT2D eigenvalue weighted by molar-refractivity contribution is 6.29. The number of pyridine rings is 1. The average Bonchev–Trinajstić information content (AvgIpc) is 2.62. The summed E-state index contributed by atoms with van der Waals surface area (Å²) in [4.78, 5) is 15.9. The largest absolute Gasteiger partial charge is 0.457 e. The van der Waals surface area contributed by atoms with Gasteiger partial charge in [0.1, 0.15) is 17.3 Å². The highest BCUT2D eigenvalue weighted by Gasteiger charge is 2.18. The van der Waals surface area contributed by atoms with Gasteiger partial charge in [0.15, 0.2) is 0 Å². The van der Waals surface area contributed by atoms with E-state index in [1.807, 2.05) is 6.92 Å². The van der Waals surface area contributed by atoms with Crippen LogP contribution in [0.3, 0.4) is 0 Å². The smallest absolute Gasteiger partial charge is 0.342 e. The molecule has 0 saturated carbocycles. The summed E-state index contributed by atoms with van der Waals surface area (Å²) in [6.07, 6.45) is 1.58. The summed E-state index contributed by atoms with van der Waals surface area (Å²) in [5, 5.41) is 4.60. The number of carbonyl (C=O) groups is 1. The molecule has 0 aliphatic heterocycles. The lowest BCUT2D eigenvalue weighted by Crippen LogP contribution is -2.08. The molecule has 0 saturated heterocycles. The summed E-state index contributed by atoms with van der Waals surface area (Å²) in [7, 11) is 1.79. The Morgan fingerprint density at radius 2 is 2.16 bits per heavy atom. The third kappa shape index (κ3) is 2.93. The van der Waals surface area contributed by atoms with Crippen molar-refractivity contribution in [3.05, 3.63) is 46.0 Å². The molecule has 100 valence electrons. The Bertz CT molecular complexity index is 605. The minimum atomic E-state index is -0.377. The third-order valence-corrected chi connectivity index (χ3v) is 3.10. The van der Waals surface area contributed by atoms with E-state index < -0.39 is 0 Å². The molecule has 0 aliphatic rings. The highest BCUT2D eigenvalue weighted by atomic mass is 35.5. The molecule has 0 aromatic carbocycles. The molecule has 0 atom stereocenters. The molecule has 2 aromatic heterocycles.